The quantitative estimate of drug-likeness (QED) is 0.909. The summed E-state index contributed by atoms with van der Waals surface area (Å²) < 4.78 is 5.15. The summed E-state index contributed by atoms with van der Waals surface area (Å²) in [4.78, 5) is 12.0. The number of rotatable bonds is 4. The summed E-state index contributed by atoms with van der Waals surface area (Å²) in [5, 5.41) is 2.72. The molecule has 2 aromatic rings. The first-order chi connectivity index (χ1) is 9.31. The highest BCUT2D eigenvalue weighted by Crippen LogP contribution is 2.16. The van der Waals surface area contributed by atoms with Crippen LogP contribution in [0.15, 0.2) is 60.8 Å². The minimum atomic E-state index is -0.190. The molecule has 3 heteroatoms. The van der Waals surface area contributed by atoms with Crippen molar-refractivity contribution in [1.82, 2.24) is 5.32 Å². The third-order valence-electron chi connectivity index (χ3n) is 2.64. The van der Waals surface area contributed by atoms with Crippen LogP contribution in [-0.4, -0.2) is 13.0 Å². The van der Waals surface area contributed by atoms with Crippen molar-refractivity contribution >= 4 is 12.0 Å². The van der Waals surface area contributed by atoms with Gasteiger partial charge in [0.05, 0.1) is 12.7 Å². The van der Waals surface area contributed by atoms with E-state index in [2.05, 4.69) is 5.32 Å². The molecule has 0 saturated carbocycles. The molecule has 19 heavy (non-hydrogen) atoms. The van der Waals surface area contributed by atoms with E-state index in [4.69, 9.17) is 4.74 Å². The van der Waals surface area contributed by atoms with Crippen molar-refractivity contribution in [3.63, 3.8) is 0 Å². The van der Waals surface area contributed by atoms with Gasteiger partial charge < -0.3 is 10.1 Å². The van der Waals surface area contributed by atoms with Crippen LogP contribution in [0.25, 0.3) is 6.08 Å². The zero-order valence-electron chi connectivity index (χ0n) is 10.7. The molecule has 2 rings (SSSR count). The Labute approximate surface area is 112 Å². The Kier molecular flexibility index (Phi) is 4.34. The standard InChI is InChI=1S/C16H15NO2/c1-19-15-10-6-5-9-14(15)16(18)17-12-11-13-7-3-2-4-8-13/h2-12H,1H3,(H,17,18)/b12-11+. The highest BCUT2D eigenvalue weighted by atomic mass is 16.5. The second-order valence-electron chi connectivity index (χ2n) is 3.92. The largest absolute Gasteiger partial charge is 0.496 e. The molecule has 0 aromatic heterocycles. The first kappa shape index (κ1) is 12.9. The smallest absolute Gasteiger partial charge is 0.258 e. The van der Waals surface area contributed by atoms with Crippen LogP contribution < -0.4 is 10.1 Å². The first-order valence-electron chi connectivity index (χ1n) is 5.97. The lowest BCUT2D eigenvalue weighted by atomic mass is 10.2. The van der Waals surface area contributed by atoms with Gasteiger partial charge in [-0.25, -0.2) is 0 Å². The molecule has 2 aromatic carbocycles. The van der Waals surface area contributed by atoms with Gasteiger partial charge in [0.1, 0.15) is 5.75 Å². The van der Waals surface area contributed by atoms with Crippen molar-refractivity contribution in [3.05, 3.63) is 71.9 Å². The molecule has 0 radical (unpaired) electrons. The van der Waals surface area contributed by atoms with E-state index < -0.39 is 0 Å². The summed E-state index contributed by atoms with van der Waals surface area (Å²) in [6.07, 6.45) is 3.47. The van der Waals surface area contributed by atoms with Crippen LogP contribution in [0.4, 0.5) is 0 Å². The highest BCUT2D eigenvalue weighted by Gasteiger charge is 2.09. The van der Waals surface area contributed by atoms with Crippen LogP contribution in [0.3, 0.4) is 0 Å². The van der Waals surface area contributed by atoms with E-state index in [1.165, 1.54) is 0 Å². The Bertz CT molecular complexity index is 576. The van der Waals surface area contributed by atoms with E-state index in [0.29, 0.717) is 11.3 Å². The zero-order valence-corrected chi connectivity index (χ0v) is 10.7. The van der Waals surface area contributed by atoms with Crippen LogP contribution in [-0.2, 0) is 0 Å². The Balaban J connectivity index is 2.04. The Hall–Kier alpha value is -2.55. The molecule has 0 atom stereocenters. The number of hydrogen-bond donors (Lipinski definition) is 1. The monoisotopic (exact) mass is 253 g/mol. The van der Waals surface area contributed by atoms with Gasteiger partial charge in [-0.3, -0.25) is 4.79 Å². The van der Waals surface area contributed by atoms with E-state index >= 15 is 0 Å². The predicted octanol–water partition coefficient (Wildman–Crippen LogP) is 3.10. The molecule has 0 saturated heterocycles. The van der Waals surface area contributed by atoms with Gasteiger partial charge in [0, 0.05) is 6.20 Å². The van der Waals surface area contributed by atoms with Gasteiger partial charge in [-0.05, 0) is 23.8 Å². The molecule has 96 valence electrons. The minimum absolute atomic E-state index is 0.190. The summed E-state index contributed by atoms with van der Waals surface area (Å²) in [5.74, 6) is 0.373. The van der Waals surface area contributed by atoms with E-state index in [1.54, 1.807) is 31.5 Å². The molecule has 0 spiro atoms. The van der Waals surface area contributed by atoms with Crippen LogP contribution in [0.2, 0.25) is 0 Å². The number of benzene rings is 2. The summed E-state index contributed by atoms with van der Waals surface area (Å²) in [6.45, 7) is 0. The fourth-order valence-corrected chi connectivity index (χ4v) is 1.69. The van der Waals surface area contributed by atoms with Crippen molar-refractivity contribution in [1.29, 1.82) is 0 Å². The van der Waals surface area contributed by atoms with Crippen molar-refractivity contribution in [3.8, 4) is 5.75 Å². The maximum Gasteiger partial charge on any atom is 0.258 e. The molecule has 0 bridgehead atoms. The number of hydrogen-bond acceptors (Lipinski definition) is 2. The molecule has 1 N–H and O–H groups in total. The van der Waals surface area contributed by atoms with Gasteiger partial charge >= 0.3 is 0 Å². The van der Waals surface area contributed by atoms with E-state index in [0.717, 1.165) is 5.56 Å². The molecule has 0 heterocycles. The topological polar surface area (TPSA) is 38.3 Å². The average molecular weight is 253 g/mol. The number of methoxy groups -OCH3 is 1. The average Bonchev–Trinajstić information content (AvgIpc) is 2.48. The normalized spacial score (nSPS) is 10.4. The van der Waals surface area contributed by atoms with Crippen molar-refractivity contribution in [2.45, 2.75) is 0 Å². The number of nitrogens with one attached hydrogen (secondary N) is 1. The lowest BCUT2D eigenvalue weighted by molar-refractivity contribution is 0.0967. The fraction of sp³-hybridized carbons (Fsp3) is 0.0625. The lowest BCUT2D eigenvalue weighted by Crippen LogP contribution is -2.17. The third kappa shape index (κ3) is 3.45. The second kappa shape index (κ2) is 6.40. The molecule has 0 unspecified atom stereocenters. The Morgan fingerprint density at radius 2 is 1.74 bits per heavy atom. The number of amides is 1. The number of para-hydroxylation sites is 1. The van der Waals surface area contributed by atoms with Crippen LogP contribution >= 0.6 is 0 Å². The number of carbonyl (C=O) groups is 1. The minimum Gasteiger partial charge on any atom is -0.496 e. The Morgan fingerprint density at radius 1 is 1.05 bits per heavy atom. The van der Waals surface area contributed by atoms with Crippen molar-refractivity contribution in [2.75, 3.05) is 7.11 Å². The molecule has 1 amide bonds. The summed E-state index contributed by atoms with van der Waals surface area (Å²) in [6, 6.07) is 16.9. The Morgan fingerprint density at radius 3 is 2.47 bits per heavy atom. The SMILES string of the molecule is COc1ccccc1C(=O)N/C=C/c1ccccc1. The van der Waals surface area contributed by atoms with Gasteiger partial charge in [-0.1, -0.05) is 42.5 Å². The van der Waals surface area contributed by atoms with Crippen molar-refractivity contribution < 1.29 is 9.53 Å². The maximum absolute atomic E-state index is 12.0. The van der Waals surface area contributed by atoms with Crippen LogP contribution in [0, 0.1) is 0 Å². The van der Waals surface area contributed by atoms with Gasteiger partial charge in [0.15, 0.2) is 0 Å². The van der Waals surface area contributed by atoms with Gasteiger partial charge in [0.25, 0.3) is 5.91 Å². The molecular formula is C16H15NO2. The molecule has 0 fully saturated rings. The van der Waals surface area contributed by atoms with Crippen LogP contribution in [0.1, 0.15) is 15.9 Å². The summed E-state index contributed by atoms with van der Waals surface area (Å²) in [7, 11) is 1.55. The second-order valence-corrected chi connectivity index (χ2v) is 3.92. The van der Waals surface area contributed by atoms with Crippen LogP contribution in [0.5, 0.6) is 5.75 Å². The molecular weight excluding hydrogens is 238 g/mol. The maximum atomic E-state index is 12.0. The number of ether oxygens (including phenoxy) is 1. The van der Waals surface area contributed by atoms with Crippen molar-refractivity contribution in [2.24, 2.45) is 0 Å². The zero-order chi connectivity index (χ0) is 13.5. The lowest BCUT2D eigenvalue weighted by Gasteiger charge is -2.06. The molecule has 0 aliphatic rings. The molecule has 0 aliphatic heterocycles. The molecule has 0 aliphatic carbocycles. The van der Waals surface area contributed by atoms with Gasteiger partial charge in [-0.2, -0.15) is 0 Å². The van der Waals surface area contributed by atoms with E-state index in [9.17, 15) is 4.79 Å². The summed E-state index contributed by atoms with van der Waals surface area (Å²) >= 11 is 0. The first-order valence-corrected chi connectivity index (χ1v) is 5.97. The van der Waals surface area contributed by atoms with Gasteiger partial charge in [-0.15, -0.1) is 0 Å². The fourth-order valence-electron chi connectivity index (χ4n) is 1.69. The predicted molar refractivity (Wildman–Crippen MR) is 75.9 cm³/mol. The highest BCUT2D eigenvalue weighted by molar-refractivity contribution is 5.97. The van der Waals surface area contributed by atoms with E-state index in [1.807, 2.05) is 42.5 Å². The van der Waals surface area contributed by atoms with E-state index in [-0.39, 0.29) is 5.91 Å². The van der Waals surface area contributed by atoms with Gasteiger partial charge in [0.2, 0.25) is 0 Å². The molecule has 3 nitrogen and oxygen atoms in total. The summed E-state index contributed by atoms with van der Waals surface area (Å²) in [5.41, 5.74) is 1.55. The third-order valence-corrected chi connectivity index (χ3v) is 2.64. The number of carbonyl (C=O) groups excluding carboxylic acids is 1.